The van der Waals surface area contributed by atoms with Gasteiger partial charge in [-0.3, -0.25) is 4.79 Å². The molecule has 0 spiro atoms. The minimum Gasteiger partial charge on any atom is -0.465 e. The van der Waals surface area contributed by atoms with Crippen molar-refractivity contribution in [2.45, 2.75) is 6.54 Å². The molecule has 0 aliphatic rings. The summed E-state index contributed by atoms with van der Waals surface area (Å²) in [6, 6.07) is 1.48. The summed E-state index contributed by atoms with van der Waals surface area (Å²) < 4.78 is 6.52. The molecule has 17 heavy (non-hydrogen) atoms. The molecule has 1 N–H and O–H groups in total. The zero-order chi connectivity index (χ0) is 13.0. The Hall–Kier alpha value is -1.14. The van der Waals surface area contributed by atoms with Crippen LogP contribution in [0.25, 0.3) is 0 Å². The van der Waals surface area contributed by atoms with Gasteiger partial charge in [0.1, 0.15) is 0 Å². The van der Waals surface area contributed by atoms with E-state index in [-0.39, 0.29) is 5.56 Å². The van der Waals surface area contributed by atoms with Gasteiger partial charge in [0.15, 0.2) is 0 Å². The second-order valence-corrected chi connectivity index (χ2v) is 4.88. The van der Waals surface area contributed by atoms with Gasteiger partial charge in [-0.05, 0) is 22.0 Å². The van der Waals surface area contributed by atoms with E-state index in [4.69, 9.17) is 0 Å². The van der Waals surface area contributed by atoms with E-state index in [1.807, 2.05) is 14.1 Å². The molecule has 1 aromatic heterocycles. The van der Waals surface area contributed by atoms with Crippen LogP contribution in [0.2, 0.25) is 0 Å². The minimum absolute atomic E-state index is 0.140. The first kappa shape index (κ1) is 13.9. The smallest absolute Gasteiger partial charge is 0.339 e. The van der Waals surface area contributed by atoms with E-state index in [0.29, 0.717) is 16.6 Å². The number of methoxy groups -OCH3 is 1. The van der Waals surface area contributed by atoms with Gasteiger partial charge in [-0.1, -0.05) is 0 Å². The molecule has 94 valence electrons. The van der Waals surface area contributed by atoms with Crippen LogP contribution < -0.4 is 10.5 Å². The maximum atomic E-state index is 11.8. The average molecular weight is 304 g/mol. The number of hydrogen-bond acceptors (Lipinski definition) is 3. The number of likely N-dealkylation sites (N-methyl/N-ethyl adjacent to an activating group) is 1. The average Bonchev–Trinajstić information content (AvgIpc) is 2.29. The van der Waals surface area contributed by atoms with Crippen molar-refractivity contribution in [2.75, 3.05) is 27.7 Å². The highest BCUT2D eigenvalue weighted by atomic mass is 79.9. The fourth-order valence-electron chi connectivity index (χ4n) is 1.34. The zero-order valence-corrected chi connectivity index (χ0v) is 11.7. The van der Waals surface area contributed by atoms with Crippen LogP contribution >= 0.6 is 15.9 Å². The van der Waals surface area contributed by atoms with Crippen LogP contribution in [0, 0.1) is 0 Å². The summed E-state index contributed by atoms with van der Waals surface area (Å²) in [5.41, 5.74) is 0.228. The molecule has 0 aliphatic heterocycles. The number of aromatic nitrogens is 1. The molecule has 6 heteroatoms. The van der Waals surface area contributed by atoms with Crippen molar-refractivity contribution in [1.29, 1.82) is 0 Å². The first-order valence-electron chi connectivity index (χ1n) is 5.23. The van der Waals surface area contributed by atoms with Gasteiger partial charge in [-0.15, -0.1) is 0 Å². The van der Waals surface area contributed by atoms with Crippen LogP contribution in [0.5, 0.6) is 0 Å². The fourth-order valence-corrected chi connectivity index (χ4v) is 1.81. The second-order valence-electron chi connectivity index (χ2n) is 4.02. The molecule has 0 amide bonds. The van der Waals surface area contributed by atoms with Gasteiger partial charge in [0.2, 0.25) is 0 Å². The lowest BCUT2D eigenvalue weighted by atomic mass is 10.3. The van der Waals surface area contributed by atoms with Crippen LogP contribution in [0.15, 0.2) is 21.5 Å². The van der Waals surface area contributed by atoms with Crippen molar-refractivity contribution in [3.63, 3.8) is 0 Å². The van der Waals surface area contributed by atoms with Crippen molar-refractivity contribution >= 4 is 21.9 Å². The zero-order valence-electron chi connectivity index (χ0n) is 10.1. The van der Waals surface area contributed by atoms with E-state index in [1.54, 1.807) is 0 Å². The summed E-state index contributed by atoms with van der Waals surface area (Å²) >= 11 is 3.15. The van der Waals surface area contributed by atoms with E-state index in [9.17, 15) is 9.59 Å². The minimum atomic E-state index is -0.448. The van der Waals surface area contributed by atoms with Crippen LogP contribution in [0.1, 0.15) is 10.4 Å². The standard InChI is InChI=1S/C11H15BrN2O3/c1-13(2)4-5-14-7-8(11(16)17-3)6-9(12)10(14)15/h6-7H,4-5H2,1-3H3/p+1. The van der Waals surface area contributed by atoms with Crippen LogP contribution in [0.4, 0.5) is 0 Å². The van der Waals surface area contributed by atoms with Gasteiger partial charge in [0.05, 0.1) is 44.3 Å². The van der Waals surface area contributed by atoms with Crippen molar-refractivity contribution < 1.29 is 14.4 Å². The van der Waals surface area contributed by atoms with Crippen molar-refractivity contribution in [1.82, 2.24) is 4.57 Å². The Labute approximate surface area is 108 Å². The third kappa shape index (κ3) is 3.67. The Bertz CT molecular complexity index is 468. The number of esters is 1. The van der Waals surface area contributed by atoms with Gasteiger partial charge in [-0.25, -0.2) is 4.79 Å². The number of nitrogens with one attached hydrogen (secondary N) is 1. The van der Waals surface area contributed by atoms with E-state index in [1.165, 1.54) is 28.8 Å². The lowest BCUT2D eigenvalue weighted by Crippen LogP contribution is -3.06. The highest BCUT2D eigenvalue weighted by Crippen LogP contribution is 2.08. The summed E-state index contributed by atoms with van der Waals surface area (Å²) in [4.78, 5) is 24.4. The second kappa shape index (κ2) is 5.97. The number of rotatable bonds is 4. The summed E-state index contributed by atoms with van der Waals surface area (Å²) in [6.07, 6.45) is 1.53. The van der Waals surface area contributed by atoms with E-state index in [0.717, 1.165) is 6.54 Å². The van der Waals surface area contributed by atoms with Gasteiger partial charge in [-0.2, -0.15) is 0 Å². The maximum Gasteiger partial charge on any atom is 0.339 e. The molecule has 0 fully saturated rings. The summed E-state index contributed by atoms with van der Waals surface area (Å²) in [7, 11) is 5.32. The first-order valence-corrected chi connectivity index (χ1v) is 6.02. The molecule has 0 saturated carbocycles. The Balaban J connectivity index is 3.07. The summed E-state index contributed by atoms with van der Waals surface area (Å²) in [5, 5.41) is 0. The van der Waals surface area contributed by atoms with Crippen molar-refractivity contribution in [3.8, 4) is 0 Å². The van der Waals surface area contributed by atoms with Gasteiger partial charge < -0.3 is 14.2 Å². The Kier molecular flexibility index (Phi) is 4.89. The first-order chi connectivity index (χ1) is 7.95. The number of quaternary nitrogens is 1. The van der Waals surface area contributed by atoms with Gasteiger partial charge in [0.25, 0.3) is 5.56 Å². The number of carbonyl (C=O) groups is 1. The lowest BCUT2D eigenvalue weighted by Gasteiger charge is -2.10. The number of nitrogens with zero attached hydrogens (tertiary/aromatic N) is 1. The van der Waals surface area contributed by atoms with E-state index >= 15 is 0 Å². The molecule has 5 nitrogen and oxygen atoms in total. The summed E-state index contributed by atoms with van der Waals surface area (Å²) in [6.45, 7) is 1.36. The SMILES string of the molecule is COC(=O)c1cc(Br)c(=O)n(CC[NH+](C)C)c1. The Morgan fingerprint density at radius 1 is 1.53 bits per heavy atom. The topological polar surface area (TPSA) is 52.7 Å². The predicted octanol–water partition coefficient (Wildman–Crippen LogP) is -0.458. The molecule has 0 aliphatic carbocycles. The number of ether oxygens (including phenoxy) is 1. The molecule has 1 heterocycles. The molecule has 1 rings (SSSR count). The van der Waals surface area contributed by atoms with Crippen LogP contribution in [0.3, 0.4) is 0 Å². The quantitative estimate of drug-likeness (QED) is 0.766. The molecule has 0 bridgehead atoms. The molecular formula is C11H16BrN2O3+. The van der Waals surface area contributed by atoms with Crippen LogP contribution in [-0.2, 0) is 11.3 Å². The van der Waals surface area contributed by atoms with Gasteiger partial charge in [0, 0.05) is 6.20 Å². The molecular weight excluding hydrogens is 288 g/mol. The van der Waals surface area contributed by atoms with E-state index in [2.05, 4.69) is 20.7 Å². The summed E-state index contributed by atoms with van der Waals surface area (Å²) in [5.74, 6) is -0.448. The number of pyridine rings is 1. The maximum absolute atomic E-state index is 11.8. The number of hydrogen-bond donors (Lipinski definition) is 1. The number of halogens is 1. The monoisotopic (exact) mass is 303 g/mol. The largest absolute Gasteiger partial charge is 0.465 e. The highest BCUT2D eigenvalue weighted by Gasteiger charge is 2.11. The normalized spacial score (nSPS) is 10.6. The molecule has 0 saturated heterocycles. The molecule has 0 aromatic carbocycles. The molecule has 0 unspecified atom stereocenters. The fraction of sp³-hybridized carbons (Fsp3) is 0.455. The number of carbonyl (C=O) groups excluding carboxylic acids is 1. The van der Waals surface area contributed by atoms with Crippen molar-refractivity contribution in [3.05, 3.63) is 32.7 Å². The Morgan fingerprint density at radius 2 is 2.18 bits per heavy atom. The van der Waals surface area contributed by atoms with Crippen LogP contribution in [-0.4, -0.2) is 38.3 Å². The lowest BCUT2D eigenvalue weighted by molar-refractivity contribution is -0.858. The van der Waals surface area contributed by atoms with Gasteiger partial charge >= 0.3 is 5.97 Å². The molecule has 0 atom stereocenters. The van der Waals surface area contributed by atoms with E-state index < -0.39 is 5.97 Å². The molecule has 1 aromatic rings. The third-order valence-corrected chi connectivity index (χ3v) is 2.88. The Morgan fingerprint density at radius 3 is 2.71 bits per heavy atom. The third-order valence-electron chi connectivity index (χ3n) is 2.32. The highest BCUT2D eigenvalue weighted by molar-refractivity contribution is 9.10. The predicted molar refractivity (Wildman–Crippen MR) is 67.4 cm³/mol. The molecule has 0 radical (unpaired) electrons. The van der Waals surface area contributed by atoms with Crippen molar-refractivity contribution in [2.24, 2.45) is 0 Å².